The van der Waals surface area contributed by atoms with E-state index in [1.54, 1.807) is 6.20 Å². The van der Waals surface area contributed by atoms with Gasteiger partial charge in [-0.15, -0.1) is 0 Å². The highest BCUT2D eigenvalue weighted by Gasteiger charge is 2.25. The van der Waals surface area contributed by atoms with E-state index in [0.717, 1.165) is 42.1 Å². The number of rotatable bonds is 4. The Morgan fingerprint density at radius 3 is 2.64 bits per heavy atom. The van der Waals surface area contributed by atoms with Gasteiger partial charge in [0.25, 0.3) is 0 Å². The van der Waals surface area contributed by atoms with Gasteiger partial charge in [-0.05, 0) is 37.3 Å². The zero-order valence-corrected chi connectivity index (χ0v) is 14.0. The van der Waals surface area contributed by atoms with E-state index in [0.29, 0.717) is 18.3 Å². The maximum absolute atomic E-state index is 9.73. The number of aliphatic hydroxyl groups excluding tert-OH is 1. The summed E-state index contributed by atoms with van der Waals surface area (Å²) in [4.78, 5) is 4.36. The second kappa shape index (κ2) is 6.72. The van der Waals surface area contributed by atoms with Gasteiger partial charge < -0.3 is 15.6 Å². The average Bonchev–Trinajstić information content (AvgIpc) is 2.99. The van der Waals surface area contributed by atoms with Gasteiger partial charge in [-0.2, -0.15) is 5.10 Å². The maximum atomic E-state index is 9.73. The molecule has 1 aliphatic carbocycles. The van der Waals surface area contributed by atoms with Crippen molar-refractivity contribution in [3.8, 4) is 5.88 Å². The summed E-state index contributed by atoms with van der Waals surface area (Å²) in [6.45, 7) is 0.438. The molecule has 1 saturated carbocycles. The first-order valence-electron chi connectivity index (χ1n) is 8.70. The summed E-state index contributed by atoms with van der Waals surface area (Å²) in [6, 6.07) is 12.2. The zero-order valence-electron chi connectivity index (χ0n) is 14.0. The molecular weight excluding hydrogens is 316 g/mol. The van der Waals surface area contributed by atoms with Gasteiger partial charge in [-0.3, -0.25) is 4.68 Å². The highest BCUT2D eigenvalue weighted by Crippen LogP contribution is 2.35. The molecule has 0 amide bonds. The van der Waals surface area contributed by atoms with Gasteiger partial charge >= 0.3 is 0 Å². The highest BCUT2D eigenvalue weighted by molar-refractivity contribution is 5.93. The lowest BCUT2D eigenvalue weighted by molar-refractivity contribution is 0.109. The number of nitrogens with two attached hydrogens (primary N) is 1. The molecule has 130 valence electrons. The van der Waals surface area contributed by atoms with Crippen molar-refractivity contribution in [3.63, 3.8) is 0 Å². The molecule has 0 radical (unpaired) electrons. The van der Waals surface area contributed by atoms with Crippen molar-refractivity contribution in [2.75, 3.05) is 5.73 Å². The normalized spacial score (nSPS) is 20.7. The standard InChI is InChI=1S/C19H22N4O2/c20-18-17-16(23(22-18)14-6-8-15(24)9-7-14)10-11-21-19(17)25-12-13-4-2-1-3-5-13/h1-5,10-11,14-15,24H,6-9,12H2,(H2,20,22). The average molecular weight is 338 g/mol. The summed E-state index contributed by atoms with van der Waals surface area (Å²) in [5.41, 5.74) is 8.20. The molecule has 6 nitrogen and oxygen atoms in total. The SMILES string of the molecule is Nc1nn(C2CCC(O)CC2)c2ccnc(OCc3ccccc3)c12. The number of benzene rings is 1. The summed E-state index contributed by atoms with van der Waals surface area (Å²) in [6.07, 6.45) is 4.95. The number of nitrogens with zero attached hydrogens (tertiary/aromatic N) is 3. The molecule has 1 aliphatic rings. The number of fused-ring (bicyclic) bond motifs is 1. The van der Waals surface area contributed by atoms with Crippen LogP contribution in [0, 0.1) is 0 Å². The van der Waals surface area contributed by atoms with E-state index in [4.69, 9.17) is 10.5 Å². The minimum Gasteiger partial charge on any atom is -0.472 e. The van der Waals surface area contributed by atoms with E-state index in [2.05, 4.69) is 10.1 Å². The van der Waals surface area contributed by atoms with Gasteiger partial charge in [0.15, 0.2) is 5.82 Å². The Balaban J connectivity index is 1.63. The van der Waals surface area contributed by atoms with Crippen LogP contribution in [0.15, 0.2) is 42.6 Å². The van der Waals surface area contributed by atoms with Crippen molar-refractivity contribution in [1.29, 1.82) is 0 Å². The molecule has 2 aromatic heterocycles. The van der Waals surface area contributed by atoms with Gasteiger partial charge in [-0.1, -0.05) is 30.3 Å². The molecule has 25 heavy (non-hydrogen) atoms. The van der Waals surface area contributed by atoms with Crippen molar-refractivity contribution in [2.45, 2.75) is 44.4 Å². The monoisotopic (exact) mass is 338 g/mol. The molecule has 1 fully saturated rings. The second-order valence-corrected chi connectivity index (χ2v) is 6.58. The van der Waals surface area contributed by atoms with Crippen LogP contribution in [0.4, 0.5) is 5.82 Å². The second-order valence-electron chi connectivity index (χ2n) is 6.58. The number of hydrogen-bond acceptors (Lipinski definition) is 5. The first-order valence-corrected chi connectivity index (χ1v) is 8.70. The number of hydrogen-bond donors (Lipinski definition) is 2. The topological polar surface area (TPSA) is 86.2 Å². The van der Waals surface area contributed by atoms with Crippen molar-refractivity contribution >= 4 is 16.7 Å². The zero-order chi connectivity index (χ0) is 17.2. The molecule has 4 rings (SSSR count). The van der Waals surface area contributed by atoms with Gasteiger partial charge in [-0.25, -0.2) is 4.98 Å². The van der Waals surface area contributed by atoms with Crippen molar-refractivity contribution in [1.82, 2.24) is 14.8 Å². The quantitative estimate of drug-likeness (QED) is 0.763. The Morgan fingerprint density at radius 1 is 1.12 bits per heavy atom. The molecule has 0 bridgehead atoms. The number of aliphatic hydroxyl groups is 1. The Hall–Kier alpha value is -2.60. The Kier molecular flexibility index (Phi) is 4.28. The van der Waals surface area contributed by atoms with E-state index in [1.165, 1.54) is 0 Å². The number of ether oxygens (including phenoxy) is 1. The molecular formula is C19H22N4O2. The van der Waals surface area contributed by atoms with Gasteiger partial charge in [0.1, 0.15) is 12.0 Å². The van der Waals surface area contributed by atoms with Crippen LogP contribution in [0.25, 0.3) is 10.9 Å². The lowest BCUT2D eigenvalue weighted by Crippen LogP contribution is -2.21. The molecule has 6 heteroatoms. The molecule has 0 aliphatic heterocycles. The van der Waals surface area contributed by atoms with Crippen molar-refractivity contribution in [2.24, 2.45) is 0 Å². The van der Waals surface area contributed by atoms with Crippen LogP contribution in [-0.2, 0) is 6.61 Å². The maximum Gasteiger partial charge on any atom is 0.227 e. The lowest BCUT2D eigenvalue weighted by Gasteiger charge is -2.26. The summed E-state index contributed by atoms with van der Waals surface area (Å²) in [5.74, 6) is 0.957. The summed E-state index contributed by atoms with van der Waals surface area (Å²) >= 11 is 0. The fraction of sp³-hybridized carbons (Fsp3) is 0.368. The fourth-order valence-electron chi connectivity index (χ4n) is 3.50. The van der Waals surface area contributed by atoms with Crippen LogP contribution < -0.4 is 10.5 Å². The number of aromatic nitrogens is 3. The van der Waals surface area contributed by atoms with Gasteiger partial charge in [0.05, 0.1) is 17.7 Å². The summed E-state index contributed by atoms with van der Waals surface area (Å²) in [5, 5.41) is 15.0. The molecule has 3 aromatic rings. The molecule has 1 aromatic carbocycles. The van der Waals surface area contributed by atoms with E-state index in [9.17, 15) is 5.11 Å². The highest BCUT2D eigenvalue weighted by atomic mass is 16.5. The predicted octanol–water partition coefficient (Wildman–Crippen LogP) is 3.07. The van der Waals surface area contributed by atoms with E-state index in [-0.39, 0.29) is 12.1 Å². The third kappa shape index (κ3) is 3.17. The van der Waals surface area contributed by atoms with Crippen LogP contribution in [0.5, 0.6) is 5.88 Å². The Labute approximate surface area is 146 Å². The molecule has 0 saturated heterocycles. The number of pyridine rings is 1. The molecule has 2 heterocycles. The molecule has 0 atom stereocenters. The third-order valence-corrected chi connectivity index (χ3v) is 4.84. The molecule has 0 unspecified atom stereocenters. The van der Waals surface area contributed by atoms with E-state index in [1.807, 2.05) is 41.1 Å². The van der Waals surface area contributed by atoms with Crippen molar-refractivity contribution < 1.29 is 9.84 Å². The fourth-order valence-corrected chi connectivity index (χ4v) is 3.50. The minimum atomic E-state index is -0.193. The Bertz CT molecular complexity index is 854. The summed E-state index contributed by atoms with van der Waals surface area (Å²) < 4.78 is 7.90. The van der Waals surface area contributed by atoms with Crippen LogP contribution in [-0.4, -0.2) is 26.0 Å². The van der Waals surface area contributed by atoms with Gasteiger partial charge in [0.2, 0.25) is 5.88 Å². The third-order valence-electron chi connectivity index (χ3n) is 4.84. The number of nitrogen functional groups attached to an aromatic ring is 1. The predicted molar refractivity (Wildman–Crippen MR) is 96.2 cm³/mol. The minimum absolute atomic E-state index is 0.193. The Morgan fingerprint density at radius 2 is 1.88 bits per heavy atom. The molecule has 0 spiro atoms. The van der Waals surface area contributed by atoms with E-state index >= 15 is 0 Å². The lowest BCUT2D eigenvalue weighted by atomic mass is 9.93. The first-order chi connectivity index (χ1) is 12.2. The largest absolute Gasteiger partial charge is 0.472 e. The van der Waals surface area contributed by atoms with E-state index < -0.39 is 0 Å². The van der Waals surface area contributed by atoms with Crippen LogP contribution in [0.3, 0.4) is 0 Å². The van der Waals surface area contributed by atoms with Gasteiger partial charge in [0, 0.05) is 6.20 Å². The first kappa shape index (κ1) is 15.9. The van der Waals surface area contributed by atoms with Crippen LogP contribution in [0.1, 0.15) is 37.3 Å². The number of anilines is 1. The van der Waals surface area contributed by atoms with Crippen LogP contribution in [0.2, 0.25) is 0 Å². The smallest absolute Gasteiger partial charge is 0.227 e. The van der Waals surface area contributed by atoms with Crippen LogP contribution >= 0.6 is 0 Å². The molecule has 3 N–H and O–H groups in total. The van der Waals surface area contributed by atoms with Crippen molar-refractivity contribution in [3.05, 3.63) is 48.2 Å². The summed E-state index contributed by atoms with van der Waals surface area (Å²) in [7, 11) is 0.